The second kappa shape index (κ2) is 4.52. The van der Waals surface area contributed by atoms with Gasteiger partial charge in [-0.2, -0.15) is 0 Å². The minimum atomic E-state index is -1.33. The van der Waals surface area contributed by atoms with E-state index in [-0.39, 0.29) is 0 Å². The second-order valence-corrected chi connectivity index (χ2v) is 6.92. The van der Waals surface area contributed by atoms with E-state index >= 15 is 0 Å². The first-order valence-corrected chi connectivity index (χ1v) is 7.18. The van der Waals surface area contributed by atoms with Crippen LogP contribution in [-0.4, -0.2) is 23.3 Å². The maximum Gasteiger partial charge on any atom is 0.337 e. The number of hydrogen-bond acceptors (Lipinski definition) is 3. The van der Waals surface area contributed by atoms with Crippen molar-refractivity contribution in [3.05, 3.63) is 0 Å². The Morgan fingerprint density at radius 2 is 2.11 bits per heavy atom. The molecule has 3 heteroatoms. The SMILES string of the molecule is CC[C@@](C)(O)C(=O)OC[C@H]1CCC2CC1C2(C)C. The Morgan fingerprint density at radius 3 is 2.61 bits per heavy atom. The summed E-state index contributed by atoms with van der Waals surface area (Å²) < 4.78 is 5.34. The molecule has 0 aliphatic heterocycles. The number of esters is 1. The highest BCUT2D eigenvalue weighted by atomic mass is 16.5. The van der Waals surface area contributed by atoms with E-state index in [9.17, 15) is 9.90 Å². The van der Waals surface area contributed by atoms with Crippen LogP contribution in [0.3, 0.4) is 0 Å². The van der Waals surface area contributed by atoms with E-state index in [2.05, 4.69) is 13.8 Å². The smallest absolute Gasteiger partial charge is 0.337 e. The van der Waals surface area contributed by atoms with Gasteiger partial charge in [-0.25, -0.2) is 4.79 Å². The molecule has 0 aromatic carbocycles. The molecule has 18 heavy (non-hydrogen) atoms. The van der Waals surface area contributed by atoms with Crippen LogP contribution < -0.4 is 0 Å². The summed E-state index contributed by atoms with van der Waals surface area (Å²) in [7, 11) is 0. The second-order valence-electron chi connectivity index (χ2n) is 6.92. The van der Waals surface area contributed by atoms with Gasteiger partial charge in [-0.3, -0.25) is 0 Å². The fourth-order valence-electron chi connectivity index (χ4n) is 3.64. The van der Waals surface area contributed by atoms with E-state index in [4.69, 9.17) is 4.74 Å². The molecule has 2 unspecified atom stereocenters. The predicted octanol–water partition coefficient (Wildman–Crippen LogP) is 2.76. The Hall–Kier alpha value is -0.570. The lowest BCUT2D eigenvalue weighted by molar-refractivity contribution is -0.173. The molecule has 3 saturated carbocycles. The van der Waals surface area contributed by atoms with Crippen LogP contribution in [0, 0.1) is 23.2 Å². The predicted molar refractivity (Wildman–Crippen MR) is 70.0 cm³/mol. The van der Waals surface area contributed by atoms with Crippen LogP contribution >= 0.6 is 0 Å². The van der Waals surface area contributed by atoms with Crippen LogP contribution in [0.25, 0.3) is 0 Å². The third-order valence-corrected chi connectivity index (χ3v) is 5.56. The van der Waals surface area contributed by atoms with E-state index in [1.54, 1.807) is 6.92 Å². The molecule has 3 rings (SSSR count). The molecule has 3 nitrogen and oxygen atoms in total. The number of hydrogen-bond donors (Lipinski definition) is 1. The van der Waals surface area contributed by atoms with Crippen molar-refractivity contribution in [1.82, 2.24) is 0 Å². The van der Waals surface area contributed by atoms with Gasteiger partial charge in [-0.05, 0) is 55.8 Å². The number of carbonyl (C=O) groups is 1. The Labute approximate surface area is 110 Å². The summed E-state index contributed by atoms with van der Waals surface area (Å²) in [4.78, 5) is 11.7. The minimum absolute atomic E-state index is 0.396. The molecule has 1 N–H and O–H groups in total. The molecule has 0 radical (unpaired) electrons. The number of aliphatic hydroxyl groups is 1. The lowest BCUT2D eigenvalue weighted by atomic mass is 9.46. The Kier molecular flexibility index (Phi) is 3.48. The fraction of sp³-hybridized carbons (Fsp3) is 0.933. The molecule has 4 atom stereocenters. The molecule has 0 aromatic rings. The van der Waals surface area contributed by atoms with Crippen LogP contribution in [0.1, 0.15) is 53.4 Å². The van der Waals surface area contributed by atoms with Crippen LogP contribution in [0.5, 0.6) is 0 Å². The lowest BCUT2D eigenvalue weighted by Crippen LogP contribution is -2.53. The summed E-state index contributed by atoms with van der Waals surface area (Å²) in [6, 6.07) is 0. The average molecular weight is 254 g/mol. The van der Waals surface area contributed by atoms with Crippen molar-refractivity contribution in [1.29, 1.82) is 0 Å². The molecule has 104 valence electrons. The zero-order chi connectivity index (χ0) is 13.6. The number of rotatable bonds is 4. The van der Waals surface area contributed by atoms with Crippen molar-refractivity contribution in [3.8, 4) is 0 Å². The third-order valence-electron chi connectivity index (χ3n) is 5.56. The molecular formula is C15H26O3. The first kappa shape index (κ1) is 13.9. The van der Waals surface area contributed by atoms with Crippen molar-refractivity contribution in [2.24, 2.45) is 23.2 Å². The molecular weight excluding hydrogens is 228 g/mol. The van der Waals surface area contributed by atoms with E-state index < -0.39 is 11.6 Å². The van der Waals surface area contributed by atoms with Gasteiger partial charge >= 0.3 is 5.97 Å². The zero-order valence-corrected chi connectivity index (χ0v) is 12.0. The highest BCUT2D eigenvalue weighted by Crippen LogP contribution is 2.61. The van der Waals surface area contributed by atoms with Crippen LogP contribution in [0.4, 0.5) is 0 Å². The summed E-state index contributed by atoms with van der Waals surface area (Å²) in [6.45, 7) is 8.47. The van der Waals surface area contributed by atoms with E-state index in [1.165, 1.54) is 26.2 Å². The lowest BCUT2D eigenvalue weighted by Gasteiger charge is -2.60. The fourth-order valence-corrected chi connectivity index (χ4v) is 3.64. The number of fused-ring (bicyclic) bond motifs is 2. The van der Waals surface area contributed by atoms with Crippen molar-refractivity contribution in [3.63, 3.8) is 0 Å². The largest absolute Gasteiger partial charge is 0.463 e. The van der Waals surface area contributed by atoms with Crippen LogP contribution in [0.15, 0.2) is 0 Å². The third kappa shape index (κ3) is 2.18. The molecule has 0 amide bonds. The Bertz CT molecular complexity index is 331. The average Bonchev–Trinajstić information content (AvgIpc) is 2.35. The summed E-state index contributed by atoms with van der Waals surface area (Å²) in [5.41, 5.74) is -0.908. The Balaban J connectivity index is 1.86. The Morgan fingerprint density at radius 1 is 1.44 bits per heavy atom. The van der Waals surface area contributed by atoms with Gasteiger partial charge in [0.25, 0.3) is 0 Å². The van der Waals surface area contributed by atoms with Gasteiger partial charge in [0.2, 0.25) is 0 Å². The molecule has 2 bridgehead atoms. The van der Waals surface area contributed by atoms with Crippen molar-refractivity contribution >= 4 is 5.97 Å². The molecule has 3 aliphatic rings. The molecule has 0 aromatic heterocycles. The first-order chi connectivity index (χ1) is 8.29. The van der Waals surface area contributed by atoms with Gasteiger partial charge in [0.05, 0.1) is 6.61 Å². The minimum Gasteiger partial charge on any atom is -0.463 e. The number of carbonyl (C=O) groups excluding carboxylic acids is 1. The quantitative estimate of drug-likeness (QED) is 0.785. The van der Waals surface area contributed by atoms with Crippen molar-refractivity contribution in [2.45, 2.75) is 59.0 Å². The normalized spacial score (nSPS) is 36.4. The highest BCUT2D eigenvalue weighted by molar-refractivity contribution is 5.78. The summed E-state index contributed by atoms with van der Waals surface area (Å²) in [6.07, 6.45) is 4.11. The van der Waals surface area contributed by atoms with Gasteiger partial charge in [-0.1, -0.05) is 20.8 Å². The summed E-state index contributed by atoms with van der Waals surface area (Å²) in [5.74, 6) is 1.58. The maximum atomic E-state index is 11.7. The topological polar surface area (TPSA) is 46.5 Å². The van der Waals surface area contributed by atoms with Crippen LogP contribution in [0.2, 0.25) is 0 Å². The van der Waals surface area contributed by atoms with Gasteiger partial charge in [-0.15, -0.1) is 0 Å². The summed E-state index contributed by atoms with van der Waals surface area (Å²) >= 11 is 0. The van der Waals surface area contributed by atoms with Gasteiger partial charge in [0.1, 0.15) is 0 Å². The van der Waals surface area contributed by atoms with Gasteiger partial charge < -0.3 is 9.84 Å². The molecule has 3 aliphatic carbocycles. The van der Waals surface area contributed by atoms with Crippen molar-refractivity contribution < 1.29 is 14.6 Å². The first-order valence-electron chi connectivity index (χ1n) is 7.18. The molecule has 0 saturated heterocycles. The molecule has 0 spiro atoms. The molecule has 0 heterocycles. The highest BCUT2D eigenvalue weighted by Gasteiger charge is 2.54. The van der Waals surface area contributed by atoms with E-state index in [0.717, 1.165) is 5.92 Å². The van der Waals surface area contributed by atoms with Crippen LogP contribution in [-0.2, 0) is 9.53 Å². The zero-order valence-electron chi connectivity index (χ0n) is 12.0. The molecule has 3 fully saturated rings. The van der Waals surface area contributed by atoms with E-state index in [0.29, 0.717) is 30.3 Å². The standard InChI is InChI=1S/C15H26O3/c1-5-15(4,17)13(16)18-9-10-6-7-11-8-12(10)14(11,2)3/h10-12,17H,5-9H2,1-4H3/t10-,11?,12?,15-/m1/s1. The monoisotopic (exact) mass is 254 g/mol. The van der Waals surface area contributed by atoms with Gasteiger partial charge in [0.15, 0.2) is 5.60 Å². The number of ether oxygens (including phenoxy) is 1. The van der Waals surface area contributed by atoms with Crippen molar-refractivity contribution in [2.75, 3.05) is 6.61 Å². The van der Waals surface area contributed by atoms with Gasteiger partial charge in [0, 0.05) is 0 Å². The van der Waals surface area contributed by atoms with E-state index in [1.807, 2.05) is 0 Å². The summed E-state index contributed by atoms with van der Waals surface area (Å²) in [5, 5.41) is 9.83. The maximum absolute atomic E-state index is 11.7.